The monoisotopic (exact) mass is 262 g/mol. The van der Waals surface area contributed by atoms with Crippen LogP contribution in [0.4, 0.5) is 0 Å². The van der Waals surface area contributed by atoms with E-state index in [-0.39, 0.29) is 13.1 Å². The Hall–Kier alpha value is -1.28. The molecule has 0 aromatic carbocycles. The van der Waals surface area contributed by atoms with Crippen LogP contribution in [0, 0.1) is 0 Å². The van der Waals surface area contributed by atoms with Gasteiger partial charge >= 0.3 is 5.97 Å². The molecule has 0 aliphatic heterocycles. The normalized spacial score (nSPS) is 15.1. The molecule has 0 saturated carbocycles. The third-order valence-corrected chi connectivity index (χ3v) is 2.78. The highest BCUT2D eigenvalue weighted by Crippen LogP contribution is 2.10. The Labute approximate surface area is 103 Å². The van der Waals surface area contributed by atoms with Crippen LogP contribution >= 0.6 is 11.8 Å². The summed E-state index contributed by atoms with van der Waals surface area (Å²) in [7, 11) is 0. The van der Waals surface area contributed by atoms with Gasteiger partial charge in [0, 0.05) is 0 Å². The van der Waals surface area contributed by atoms with Gasteiger partial charge in [-0.15, -0.1) is 11.8 Å². The minimum Gasteiger partial charge on any atom is -0.862 e. The first-order valence-electron chi connectivity index (χ1n) is 4.87. The van der Waals surface area contributed by atoms with Crippen LogP contribution in [0.2, 0.25) is 0 Å². The van der Waals surface area contributed by atoms with Crippen LogP contribution < -0.4 is 16.2 Å². The van der Waals surface area contributed by atoms with Crippen LogP contribution in [0.1, 0.15) is 13.3 Å². The number of rotatable bonds is 7. The Balaban J connectivity index is 4.09. The number of carbonyl (C=O) groups is 2. The second-order valence-corrected chi connectivity index (χ2v) is 4.35. The minimum atomic E-state index is -1.05. The van der Waals surface area contributed by atoms with Gasteiger partial charge in [-0.05, 0) is 25.5 Å². The highest BCUT2D eigenvalue weighted by Gasteiger charge is 2.14. The molecule has 0 radical (unpaired) electrons. The molecular formula is C9H16N3O4S-. The summed E-state index contributed by atoms with van der Waals surface area (Å²) in [6, 6.07) is -0.668. The molecule has 0 rings (SSSR count). The summed E-state index contributed by atoms with van der Waals surface area (Å²) in [6.07, 6.45) is 1.41. The molecule has 17 heavy (non-hydrogen) atoms. The molecule has 0 aromatic rings. The summed E-state index contributed by atoms with van der Waals surface area (Å²) in [6.45, 7) is 1.32. The second-order valence-electron chi connectivity index (χ2n) is 3.31. The van der Waals surface area contributed by atoms with Crippen molar-refractivity contribution in [2.75, 3.05) is 12.9 Å². The van der Waals surface area contributed by atoms with Gasteiger partial charge in [-0.25, -0.2) is 0 Å². The van der Waals surface area contributed by atoms with Crippen LogP contribution in [0.3, 0.4) is 0 Å². The van der Waals surface area contributed by atoms with Crippen molar-refractivity contribution in [2.45, 2.75) is 24.6 Å². The van der Waals surface area contributed by atoms with E-state index in [4.69, 9.17) is 10.8 Å². The van der Waals surface area contributed by atoms with Crippen molar-refractivity contribution in [3.8, 4) is 0 Å². The third kappa shape index (κ3) is 6.80. The number of hydrogen-bond acceptors (Lipinski definition) is 6. The first kappa shape index (κ1) is 15.7. The van der Waals surface area contributed by atoms with E-state index in [0.29, 0.717) is 0 Å². The van der Waals surface area contributed by atoms with Gasteiger partial charge in [-0.1, -0.05) is 0 Å². The van der Waals surface area contributed by atoms with Gasteiger partial charge in [0.25, 0.3) is 0 Å². The molecular weight excluding hydrogens is 246 g/mol. The third-order valence-electron chi connectivity index (χ3n) is 1.84. The summed E-state index contributed by atoms with van der Waals surface area (Å²) in [5, 5.41) is 21.5. The smallest absolute Gasteiger partial charge is 0.316 e. The molecule has 0 aromatic heterocycles. The van der Waals surface area contributed by atoms with Gasteiger partial charge in [0.1, 0.15) is 11.9 Å². The lowest BCUT2D eigenvalue weighted by molar-refractivity contribution is -0.219. The number of hydrogen-bond donors (Lipinski definition) is 3. The Morgan fingerprint density at radius 2 is 2.18 bits per heavy atom. The Bertz CT molecular complexity index is 307. The summed E-state index contributed by atoms with van der Waals surface area (Å²) in [5.41, 5.74) is 5.28. The zero-order valence-corrected chi connectivity index (χ0v) is 10.5. The van der Waals surface area contributed by atoms with E-state index in [2.05, 4.69) is 10.3 Å². The van der Waals surface area contributed by atoms with Crippen molar-refractivity contribution in [1.29, 1.82) is 0 Å². The van der Waals surface area contributed by atoms with E-state index in [1.54, 1.807) is 6.26 Å². The molecule has 0 fully saturated rings. The SMILES string of the molecule is CS[C@H](CC([O-])=NCNC(=O)[C@H](C)N)C(=O)O. The standard InChI is InChI=1S/C9H17N3O4S/c1-5(10)8(14)12-4-11-7(13)3-6(17-2)9(15)16/h5-6H,3-4,10H2,1-2H3,(H,11,13)(H,12,14)(H,15,16)/p-1/t5-,6+/m0/s1. The average molecular weight is 262 g/mol. The number of amides is 1. The van der Waals surface area contributed by atoms with E-state index in [0.717, 1.165) is 11.8 Å². The maximum absolute atomic E-state index is 11.2. The topological polar surface area (TPSA) is 128 Å². The molecule has 0 aliphatic carbocycles. The highest BCUT2D eigenvalue weighted by molar-refractivity contribution is 7.99. The van der Waals surface area contributed by atoms with Crippen LogP contribution in [0.25, 0.3) is 0 Å². The number of nitrogens with zero attached hydrogens (tertiary/aromatic N) is 1. The number of nitrogens with one attached hydrogen (secondary N) is 1. The van der Waals surface area contributed by atoms with Gasteiger partial charge in [-0.2, -0.15) is 0 Å². The first-order valence-corrected chi connectivity index (χ1v) is 6.16. The van der Waals surface area contributed by atoms with Crippen LogP contribution in [-0.4, -0.2) is 47.1 Å². The van der Waals surface area contributed by atoms with Gasteiger partial charge < -0.3 is 21.3 Å². The lowest BCUT2D eigenvalue weighted by Gasteiger charge is -2.15. The maximum atomic E-state index is 11.2. The fourth-order valence-corrected chi connectivity index (χ4v) is 1.37. The zero-order valence-electron chi connectivity index (χ0n) is 9.67. The molecule has 0 saturated heterocycles. The maximum Gasteiger partial charge on any atom is 0.316 e. The molecule has 0 heterocycles. The number of nitrogens with two attached hydrogens (primary N) is 1. The number of carbonyl (C=O) groups excluding carboxylic acids is 1. The number of thioether (sulfide) groups is 1. The Kier molecular flexibility index (Phi) is 7.31. The largest absolute Gasteiger partial charge is 0.862 e. The lowest BCUT2D eigenvalue weighted by atomic mass is 10.3. The predicted molar refractivity (Wildman–Crippen MR) is 63.6 cm³/mol. The molecule has 0 spiro atoms. The van der Waals surface area contributed by atoms with E-state index < -0.39 is 29.1 Å². The van der Waals surface area contributed by atoms with Gasteiger partial charge in [-0.3, -0.25) is 14.6 Å². The molecule has 8 heteroatoms. The zero-order chi connectivity index (χ0) is 13.4. The van der Waals surface area contributed by atoms with Gasteiger partial charge in [0.05, 0.1) is 6.04 Å². The second kappa shape index (κ2) is 7.91. The van der Waals surface area contributed by atoms with E-state index in [1.165, 1.54) is 6.92 Å². The number of aliphatic imine (C=N–C) groups is 1. The summed E-state index contributed by atoms with van der Waals surface area (Å²) in [5.74, 6) is -2.03. The molecule has 0 aliphatic rings. The molecule has 0 bridgehead atoms. The van der Waals surface area contributed by atoms with E-state index in [1.807, 2.05) is 0 Å². The Morgan fingerprint density at radius 1 is 1.59 bits per heavy atom. The van der Waals surface area contributed by atoms with Crippen LogP contribution in [-0.2, 0) is 9.59 Å². The van der Waals surface area contributed by atoms with E-state index in [9.17, 15) is 14.7 Å². The number of carboxylic acid groups (broad SMARTS) is 1. The average Bonchev–Trinajstić information content (AvgIpc) is 2.25. The highest BCUT2D eigenvalue weighted by atomic mass is 32.2. The summed E-state index contributed by atoms with van der Waals surface area (Å²) < 4.78 is 0. The van der Waals surface area contributed by atoms with Crippen molar-refractivity contribution in [2.24, 2.45) is 10.7 Å². The van der Waals surface area contributed by atoms with Crippen molar-refractivity contribution in [3.63, 3.8) is 0 Å². The quantitative estimate of drug-likeness (QED) is 0.373. The van der Waals surface area contributed by atoms with Crippen LogP contribution in [0.5, 0.6) is 0 Å². The molecule has 2 atom stereocenters. The van der Waals surface area contributed by atoms with Crippen LogP contribution in [0.15, 0.2) is 4.99 Å². The van der Waals surface area contributed by atoms with Crippen molar-refractivity contribution in [3.05, 3.63) is 0 Å². The van der Waals surface area contributed by atoms with Crippen molar-refractivity contribution in [1.82, 2.24) is 5.32 Å². The molecule has 4 N–H and O–H groups in total. The first-order chi connectivity index (χ1) is 7.88. The minimum absolute atomic E-state index is 0.181. The predicted octanol–water partition coefficient (Wildman–Crippen LogP) is -1.63. The van der Waals surface area contributed by atoms with Gasteiger partial charge in [0.15, 0.2) is 0 Å². The summed E-state index contributed by atoms with van der Waals surface area (Å²) >= 11 is 1.06. The molecule has 0 unspecified atom stereocenters. The molecule has 98 valence electrons. The fourth-order valence-electron chi connectivity index (χ4n) is 0.861. The lowest BCUT2D eigenvalue weighted by Crippen LogP contribution is -2.39. The molecule has 1 amide bonds. The van der Waals surface area contributed by atoms with Crippen molar-refractivity contribution >= 4 is 29.5 Å². The molecule has 7 nitrogen and oxygen atoms in total. The summed E-state index contributed by atoms with van der Waals surface area (Å²) in [4.78, 5) is 25.2. The fraction of sp³-hybridized carbons (Fsp3) is 0.667. The number of carboxylic acids is 1. The number of aliphatic carboxylic acids is 1. The Morgan fingerprint density at radius 3 is 2.59 bits per heavy atom. The van der Waals surface area contributed by atoms with Gasteiger partial charge in [0.2, 0.25) is 5.91 Å². The van der Waals surface area contributed by atoms with Crippen molar-refractivity contribution < 1.29 is 19.8 Å². The van der Waals surface area contributed by atoms with E-state index >= 15 is 0 Å².